The number of carbonyl (C=O) groups excluding carboxylic acids is 1. The Morgan fingerprint density at radius 3 is 2.48 bits per heavy atom. The van der Waals surface area contributed by atoms with Crippen molar-refractivity contribution in [2.75, 3.05) is 16.4 Å². The minimum Gasteiger partial charge on any atom is -0.399 e. The highest BCUT2D eigenvalue weighted by Gasteiger charge is 2.34. The molecule has 0 spiro atoms. The monoisotopic (exact) mass is 298 g/mol. The maximum atomic E-state index is 12.3. The number of nitrogens with two attached hydrogens (primary N) is 1. The molecule has 0 aliphatic carbocycles. The zero-order chi connectivity index (χ0) is 15.0. The summed E-state index contributed by atoms with van der Waals surface area (Å²) in [4.78, 5) is 14.2. The summed E-state index contributed by atoms with van der Waals surface area (Å²) in [5.74, 6) is 0.673. The molecule has 3 rings (SSSR count). The molecule has 2 aromatic carbocycles. The number of aryl methyl sites for hydroxylation is 2. The standard InChI is InChI=1S/C17H18N2OS/c1-11-3-8-15(9-12(11)2)19-16(20)10-21-17(19)13-4-6-14(18)7-5-13/h3-9,17H,10,18H2,1-2H3/t17-/m0/s1. The first kappa shape index (κ1) is 14.0. The first-order valence-electron chi connectivity index (χ1n) is 6.92. The molecule has 1 fully saturated rings. The summed E-state index contributed by atoms with van der Waals surface area (Å²) in [6.07, 6.45) is 0. The maximum absolute atomic E-state index is 12.3. The van der Waals surface area contributed by atoms with Crippen LogP contribution >= 0.6 is 11.8 Å². The number of nitrogens with zero attached hydrogens (tertiary/aromatic N) is 1. The molecule has 2 N–H and O–H groups in total. The van der Waals surface area contributed by atoms with Gasteiger partial charge in [0.05, 0.1) is 5.75 Å². The topological polar surface area (TPSA) is 46.3 Å². The molecule has 0 aromatic heterocycles. The number of nitrogen functional groups attached to an aromatic ring is 1. The Labute approximate surface area is 129 Å². The second-order valence-corrected chi connectivity index (χ2v) is 6.43. The molecular formula is C17H18N2OS. The first-order valence-corrected chi connectivity index (χ1v) is 7.97. The smallest absolute Gasteiger partial charge is 0.238 e. The van der Waals surface area contributed by atoms with Crippen LogP contribution in [0, 0.1) is 13.8 Å². The lowest BCUT2D eigenvalue weighted by Gasteiger charge is -2.25. The highest BCUT2D eigenvalue weighted by atomic mass is 32.2. The number of anilines is 2. The molecule has 0 bridgehead atoms. The van der Waals surface area contributed by atoms with Gasteiger partial charge in [-0.2, -0.15) is 0 Å². The highest BCUT2D eigenvalue weighted by Crippen LogP contribution is 2.42. The Kier molecular flexibility index (Phi) is 3.64. The van der Waals surface area contributed by atoms with Gasteiger partial charge in [-0.25, -0.2) is 0 Å². The van der Waals surface area contributed by atoms with Crippen LogP contribution in [0.5, 0.6) is 0 Å². The summed E-state index contributed by atoms with van der Waals surface area (Å²) >= 11 is 1.66. The van der Waals surface area contributed by atoms with Crippen molar-refractivity contribution in [3.63, 3.8) is 0 Å². The van der Waals surface area contributed by atoms with E-state index in [-0.39, 0.29) is 11.3 Å². The summed E-state index contributed by atoms with van der Waals surface area (Å²) < 4.78 is 0. The second kappa shape index (κ2) is 5.45. The highest BCUT2D eigenvalue weighted by molar-refractivity contribution is 8.00. The van der Waals surface area contributed by atoms with Crippen LogP contribution in [0.2, 0.25) is 0 Å². The molecule has 0 radical (unpaired) electrons. The number of rotatable bonds is 2. The number of amides is 1. The van der Waals surface area contributed by atoms with E-state index in [9.17, 15) is 4.79 Å². The molecule has 21 heavy (non-hydrogen) atoms. The van der Waals surface area contributed by atoms with Crippen molar-refractivity contribution in [3.05, 3.63) is 59.2 Å². The van der Waals surface area contributed by atoms with Gasteiger partial charge in [0.1, 0.15) is 5.37 Å². The van der Waals surface area contributed by atoms with Crippen LogP contribution in [0.1, 0.15) is 22.1 Å². The zero-order valence-corrected chi connectivity index (χ0v) is 13.0. The van der Waals surface area contributed by atoms with Crippen LogP contribution in [-0.2, 0) is 4.79 Å². The number of thioether (sulfide) groups is 1. The molecule has 1 saturated heterocycles. The van der Waals surface area contributed by atoms with Crippen molar-refractivity contribution < 1.29 is 4.79 Å². The summed E-state index contributed by atoms with van der Waals surface area (Å²) in [6.45, 7) is 4.15. The third kappa shape index (κ3) is 2.63. The van der Waals surface area contributed by atoms with Crippen LogP contribution in [0.4, 0.5) is 11.4 Å². The average Bonchev–Trinajstić information content (AvgIpc) is 2.85. The summed E-state index contributed by atoms with van der Waals surface area (Å²) in [6, 6.07) is 14.0. The van der Waals surface area contributed by atoms with Gasteiger partial charge in [-0.15, -0.1) is 11.8 Å². The van der Waals surface area contributed by atoms with Gasteiger partial charge in [0, 0.05) is 11.4 Å². The molecule has 1 aliphatic heterocycles. The van der Waals surface area contributed by atoms with E-state index in [0.717, 1.165) is 16.9 Å². The fourth-order valence-electron chi connectivity index (χ4n) is 2.49. The molecule has 0 unspecified atom stereocenters. The number of hydrogen-bond donors (Lipinski definition) is 1. The summed E-state index contributed by atoms with van der Waals surface area (Å²) in [7, 11) is 0. The normalized spacial score (nSPS) is 18.3. The predicted octanol–water partition coefficient (Wildman–Crippen LogP) is 3.66. The predicted molar refractivity (Wildman–Crippen MR) is 89.5 cm³/mol. The van der Waals surface area contributed by atoms with E-state index in [2.05, 4.69) is 26.0 Å². The second-order valence-electron chi connectivity index (χ2n) is 5.36. The molecule has 1 amide bonds. The molecule has 4 heteroatoms. The lowest BCUT2D eigenvalue weighted by molar-refractivity contribution is -0.115. The van der Waals surface area contributed by atoms with Gasteiger partial charge < -0.3 is 5.73 Å². The minimum atomic E-state index is 0.0280. The van der Waals surface area contributed by atoms with Crippen molar-refractivity contribution in [1.82, 2.24) is 0 Å². The van der Waals surface area contributed by atoms with E-state index in [1.54, 1.807) is 11.8 Å². The van der Waals surface area contributed by atoms with Gasteiger partial charge in [0.2, 0.25) is 5.91 Å². The van der Waals surface area contributed by atoms with E-state index in [4.69, 9.17) is 5.73 Å². The van der Waals surface area contributed by atoms with Crippen LogP contribution in [-0.4, -0.2) is 11.7 Å². The van der Waals surface area contributed by atoms with Gasteiger partial charge in [-0.1, -0.05) is 18.2 Å². The quantitative estimate of drug-likeness (QED) is 0.861. The largest absolute Gasteiger partial charge is 0.399 e. The van der Waals surface area contributed by atoms with Gasteiger partial charge in [-0.05, 0) is 54.8 Å². The summed E-state index contributed by atoms with van der Waals surface area (Å²) in [5, 5.41) is 0.0280. The number of hydrogen-bond acceptors (Lipinski definition) is 3. The fourth-order valence-corrected chi connectivity index (χ4v) is 3.66. The lowest BCUT2D eigenvalue weighted by Crippen LogP contribution is -2.27. The zero-order valence-electron chi connectivity index (χ0n) is 12.2. The van der Waals surface area contributed by atoms with Crippen LogP contribution in [0.25, 0.3) is 0 Å². The Morgan fingerprint density at radius 2 is 1.81 bits per heavy atom. The fraction of sp³-hybridized carbons (Fsp3) is 0.235. The van der Waals surface area contributed by atoms with E-state index >= 15 is 0 Å². The molecule has 2 aromatic rings. The summed E-state index contributed by atoms with van der Waals surface area (Å²) in [5.41, 5.74) is 11.0. The van der Waals surface area contributed by atoms with E-state index in [1.807, 2.05) is 35.2 Å². The van der Waals surface area contributed by atoms with Gasteiger partial charge in [0.15, 0.2) is 0 Å². The molecule has 1 atom stereocenters. The molecule has 0 saturated carbocycles. The Balaban J connectivity index is 1.99. The first-order chi connectivity index (χ1) is 10.1. The van der Waals surface area contributed by atoms with Crippen molar-refractivity contribution in [1.29, 1.82) is 0 Å². The minimum absolute atomic E-state index is 0.0280. The van der Waals surface area contributed by atoms with Crippen molar-refractivity contribution in [2.24, 2.45) is 0 Å². The third-order valence-corrected chi connectivity index (χ3v) is 5.07. The van der Waals surface area contributed by atoms with Gasteiger partial charge >= 0.3 is 0 Å². The van der Waals surface area contributed by atoms with Gasteiger partial charge in [-0.3, -0.25) is 9.69 Å². The van der Waals surface area contributed by atoms with Gasteiger partial charge in [0.25, 0.3) is 0 Å². The molecule has 1 heterocycles. The van der Waals surface area contributed by atoms with E-state index in [1.165, 1.54) is 11.1 Å². The van der Waals surface area contributed by atoms with Crippen LogP contribution < -0.4 is 10.6 Å². The van der Waals surface area contributed by atoms with E-state index in [0.29, 0.717) is 5.75 Å². The number of carbonyl (C=O) groups is 1. The Hall–Kier alpha value is -1.94. The molecule has 1 aliphatic rings. The molecule has 3 nitrogen and oxygen atoms in total. The van der Waals surface area contributed by atoms with Crippen molar-refractivity contribution >= 4 is 29.0 Å². The molecule has 108 valence electrons. The SMILES string of the molecule is Cc1ccc(N2C(=O)CS[C@H]2c2ccc(N)cc2)cc1C. The number of benzene rings is 2. The van der Waals surface area contributed by atoms with Crippen molar-refractivity contribution in [3.8, 4) is 0 Å². The Bertz CT molecular complexity index is 682. The molecular weight excluding hydrogens is 280 g/mol. The van der Waals surface area contributed by atoms with Crippen LogP contribution in [0.15, 0.2) is 42.5 Å². The van der Waals surface area contributed by atoms with Crippen LogP contribution in [0.3, 0.4) is 0 Å². The maximum Gasteiger partial charge on any atom is 0.238 e. The van der Waals surface area contributed by atoms with Crippen molar-refractivity contribution in [2.45, 2.75) is 19.2 Å². The lowest BCUT2D eigenvalue weighted by atomic mass is 10.1. The average molecular weight is 298 g/mol. The van der Waals surface area contributed by atoms with E-state index < -0.39 is 0 Å². The third-order valence-electron chi connectivity index (χ3n) is 3.86. The Morgan fingerprint density at radius 1 is 1.10 bits per heavy atom.